The van der Waals surface area contributed by atoms with Crippen LogP contribution >= 0.6 is 23.2 Å². The van der Waals surface area contributed by atoms with Crippen molar-refractivity contribution < 1.29 is 19.0 Å². The van der Waals surface area contributed by atoms with Crippen molar-refractivity contribution in [3.63, 3.8) is 0 Å². The average Bonchev–Trinajstić information content (AvgIpc) is 2.72. The molecule has 0 radical (unpaired) electrons. The van der Waals surface area contributed by atoms with Gasteiger partial charge in [0.15, 0.2) is 0 Å². The van der Waals surface area contributed by atoms with E-state index in [-0.39, 0.29) is 6.61 Å². The molecule has 6 heteroatoms. The van der Waals surface area contributed by atoms with Gasteiger partial charge in [-0.1, -0.05) is 47.5 Å². The Morgan fingerprint density at radius 2 is 1.32 bits per heavy atom. The maximum absolute atomic E-state index is 12.0. The molecule has 3 aromatic carbocycles. The zero-order valence-corrected chi connectivity index (χ0v) is 16.7. The van der Waals surface area contributed by atoms with Gasteiger partial charge in [0.1, 0.15) is 30.3 Å². The molecule has 0 saturated carbocycles. The second-order valence-corrected chi connectivity index (χ2v) is 6.85. The Labute approximate surface area is 173 Å². The maximum Gasteiger partial charge on any atom is 0.341 e. The largest absolute Gasteiger partial charge is 0.489 e. The minimum atomic E-state index is -0.477. The van der Waals surface area contributed by atoms with E-state index in [1.54, 1.807) is 42.5 Å². The molecule has 4 nitrogen and oxygen atoms in total. The van der Waals surface area contributed by atoms with E-state index in [9.17, 15) is 4.79 Å². The third kappa shape index (κ3) is 5.41. The van der Waals surface area contributed by atoms with E-state index in [2.05, 4.69) is 0 Å². The number of carbonyl (C=O) groups is 1. The zero-order chi connectivity index (χ0) is 19.9. The number of benzene rings is 3. The zero-order valence-electron chi connectivity index (χ0n) is 15.2. The van der Waals surface area contributed by atoms with E-state index in [4.69, 9.17) is 37.4 Å². The topological polar surface area (TPSA) is 44.8 Å². The lowest BCUT2D eigenvalue weighted by atomic mass is 10.2. The number of hydrogen-bond donors (Lipinski definition) is 0. The number of esters is 1. The fourth-order valence-corrected chi connectivity index (χ4v) is 2.73. The molecule has 144 valence electrons. The molecule has 0 saturated heterocycles. The summed E-state index contributed by atoms with van der Waals surface area (Å²) in [6.07, 6.45) is 0. The van der Waals surface area contributed by atoms with E-state index < -0.39 is 5.97 Å². The maximum atomic E-state index is 12.0. The monoisotopic (exact) mass is 416 g/mol. The Kier molecular flexibility index (Phi) is 6.80. The highest BCUT2D eigenvalue weighted by atomic mass is 35.5. The molecule has 0 aromatic heterocycles. The number of methoxy groups -OCH3 is 1. The third-order valence-electron chi connectivity index (χ3n) is 3.98. The predicted molar refractivity (Wildman–Crippen MR) is 109 cm³/mol. The van der Waals surface area contributed by atoms with Gasteiger partial charge in [-0.3, -0.25) is 0 Å². The molecule has 0 aliphatic heterocycles. The second kappa shape index (κ2) is 9.49. The minimum absolute atomic E-state index is 0.280. The molecule has 0 amide bonds. The highest BCUT2D eigenvalue weighted by Crippen LogP contribution is 2.27. The van der Waals surface area contributed by atoms with Gasteiger partial charge in [0.05, 0.1) is 7.11 Å². The molecule has 28 heavy (non-hydrogen) atoms. The molecule has 3 rings (SSSR count). The van der Waals surface area contributed by atoms with Gasteiger partial charge in [0.25, 0.3) is 0 Å². The minimum Gasteiger partial charge on any atom is -0.489 e. The van der Waals surface area contributed by atoms with Crippen molar-refractivity contribution in [3.05, 3.63) is 93.5 Å². The lowest BCUT2D eigenvalue weighted by Crippen LogP contribution is -2.06. The summed E-state index contributed by atoms with van der Waals surface area (Å²) in [6.45, 7) is 0.646. The molecule has 0 heterocycles. The average molecular weight is 417 g/mol. The van der Waals surface area contributed by atoms with Crippen LogP contribution in [0.3, 0.4) is 0 Å². The van der Waals surface area contributed by atoms with Gasteiger partial charge in [0, 0.05) is 16.1 Å². The smallest absolute Gasteiger partial charge is 0.341 e. The summed E-state index contributed by atoms with van der Waals surface area (Å²) in [4.78, 5) is 12.0. The lowest BCUT2D eigenvalue weighted by molar-refractivity contribution is 0.0595. The Morgan fingerprint density at radius 3 is 1.86 bits per heavy atom. The molecule has 0 unspecified atom stereocenters. The SMILES string of the molecule is COC(=O)c1ccc(OCc2ccc(Cl)cc2)cc1OCc1ccc(Cl)cc1. The number of halogens is 2. The van der Waals surface area contributed by atoms with Gasteiger partial charge in [-0.2, -0.15) is 0 Å². The van der Waals surface area contributed by atoms with Crippen molar-refractivity contribution in [3.8, 4) is 11.5 Å². The molecule has 0 bridgehead atoms. The van der Waals surface area contributed by atoms with E-state index >= 15 is 0 Å². The number of carbonyl (C=O) groups excluding carboxylic acids is 1. The highest BCUT2D eigenvalue weighted by Gasteiger charge is 2.15. The van der Waals surface area contributed by atoms with Gasteiger partial charge in [0.2, 0.25) is 0 Å². The first-order valence-corrected chi connectivity index (χ1v) is 9.27. The van der Waals surface area contributed by atoms with Crippen LogP contribution in [0.2, 0.25) is 10.0 Å². The molecule has 0 spiro atoms. The first-order chi connectivity index (χ1) is 13.5. The van der Waals surface area contributed by atoms with E-state index in [0.717, 1.165) is 11.1 Å². The predicted octanol–water partition coefficient (Wildman–Crippen LogP) is 5.94. The summed E-state index contributed by atoms with van der Waals surface area (Å²) in [6, 6.07) is 19.7. The van der Waals surface area contributed by atoms with Crippen molar-refractivity contribution >= 4 is 29.2 Å². The molecular weight excluding hydrogens is 399 g/mol. The molecule has 3 aromatic rings. The number of hydrogen-bond acceptors (Lipinski definition) is 4. The van der Waals surface area contributed by atoms with Crippen molar-refractivity contribution in [2.75, 3.05) is 7.11 Å². The van der Waals surface area contributed by atoms with Gasteiger partial charge in [-0.25, -0.2) is 4.79 Å². The molecular formula is C22H18Cl2O4. The van der Waals surface area contributed by atoms with Crippen molar-refractivity contribution in [2.45, 2.75) is 13.2 Å². The first-order valence-electron chi connectivity index (χ1n) is 8.52. The fourth-order valence-electron chi connectivity index (χ4n) is 2.48. The first kappa shape index (κ1) is 20.1. The van der Waals surface area contributed by atoms with Gasteiger partial charge in [-0.15, -0.1) is 0 Å². The van der Waals surface area contributed by atoms with E-state index in [0.29, 0.717) is 33.7 Å². The van der Waals surface area contributed by atoms with Gasteiger partial charge >= 0.3 is 5.97 Å². The lowest BCUT2D eigenvalue weighted by Gasteiger charge is -2.13. The quantitative estimate of drug-likeness (QED) is 0.447. The van der Waals surface area contributed by atoms with Gasteiger partial charge in [-0.05, 0) is 47.5 Å². The van der Waals surface area contributed by atoms with E-state index in [1.165, 1.54) is 7.11 Å². The molecule has 0 N–H and O–H groups in total. The van der Waals surface area contributed by atoms with Crippen molar-refractivity contribution in [1.82, 2.24) is 0 Å². The van der Waals surface area contributed by atoms with Crippen molar-refractivity contribution in [1.29, 1.82) is 0 Å². The number of ether oxygens (including phenoxy) is 3. The Bertz CT molecular complexity index is 938. The molecule has 0 fully saturated rings. The highest BCUT2D eigenvalue weighted by molar-refractivity contribution is 6.30. The van der Waals surface area contributed by atoms with Crippen LogP contribution in [-0.2, 0) is 18.0 Å². The summed E-state index contributed by atoms with van der Waals surface area (Å²) >= 11 is 11.8. The summed E-state index contributed by atoms with van der Waals surface area (Å²) in [5.41, 5.74) is 2.23. The van der Waals surface area contributed by atoms with Crippen molar-refractivity contribution in [2.24, 2.45) is 0 Å². The summed E-state index contributed by atoms with van der Waals surface area (Å²) in [5.74, 6) is 0.486. The van der Waals surface area contributed by atoms with Crippen LogP contribution in [0.4, 0.5) is 0 Å². The van der Waals surface area contributed by atoms with Gasteiger partial charge < -0.3 is 14.2 Å². The summed E-state index contributed by atoms with van der Waals surface area (Å²) in [7, 11) is 1.33. The Morgan fingerprint density at radius 1 is 0.786 bits per heavy atom. The second-order valence-electron chi connectivity index (χ2n) is 5.98. The van der Waals surface area contributed by atoms with Crippen LogP contribution in [-0.4, -0.2) is 13.1 Å². The Hall–Kier alpha value is -2.69. The standard InChI is InChI=1S/C22H18Cl2O4/c1-26-22(25)20-11-10-19(27-13-15-2-6-17(23)7-3-15)12-21(20)28-14-16-4-8-18(24)9-5-16/h2-12H,13-14H2,1H3. The van der Waals surface area contributed by atoms with Crippen LogP contribution in [0.25, 0.3) is 0 Å². The Balaban J connectivity index is 1.74. The normalized spacial score (nSPS) is 10.4. The molecule has 0 aliphatic carbocycles. The summed E-state index contributed by atoms with van der Waals surface area (Å²) < 4.78 is 16.5. The van der Waals surface area contributed by atoms with Crippen LogP contribution in [0.5, 0.6) is 11.5 Å². The van der Waals surface area contributed by atoms with Crippen LogP contribution < -0.4 is 9.47 Å². The van der Waals surface area contributed by atoms with E-state index in [1.807, 2.05) is 24.3 Å². The fraction of sp³-hybridized carbons (Fsp3) is 0.136. The summed E-state index contributed by atoms with van der Waals surface area (Å²) in [5, 5.41) is 1.32. The van der Waals surface area contributed by atoms with Crippen LogP contribution in [0.1, 0.15) is 21.5 Å². The van der Waals surface area contributed by atoms with Crippen LogP contribution in [0, 0.1) is 0 Å². The number of rotatable bonds is 7. The van der Waals surface area contributed by atoms with Crippen LogP contribution in [0.15, 0.2) is 66.7 Å². The third-order valence-corrected chi connectivity index (χ3v) is 4.49. The molecule has 0 aliphatic rings. The molecule has 0 atom stereocenters.